The van der Waals surface area contributed by atoms with Gasteiger partial charge in [0.2, 0.25) is 5.79 Å². The molecule has 0 saturated heterocycles. The molecule has 74 valence electrons. The number of ether oxygens (including phenoxy) is 2. The first-order chi connectivity index (χ1) is 6.23. The maximum absolute atomic E-state index is 5.50. The van der Waals surface area contributed by atoms with Gasteiger partial charge in [-0.3, -0.25) is 0 Å². The van der Waals surface area contributed by atoms with Crippen LogP contribution in [0.15, 0.2) is 12.4 Å². The Morgan fingerprint density at radius 2 is 2.00 bits per heavy atom. The fraction of sp³-hybridized carbons (Fsp3) is 0.667. The van der Waals surface area contributed by atoms with Crippen LogP contribution in [0, 0.1) is 0 Å². The first-order valence-corrected chi connectivity index (χ1v) is 4.50. The third-order valence-corrected chi connectivity index (χ3v) is 1.77. The molecule has 0 aromatic carbocycles. The molecule has 0 fully saturated rings. The van der Waals surface area contributed by atoms with Crippen LogP contribution in [0.1, 0.15) is 26.6 Å². The van der Waals surface area contributed by atoms with E-state index in [0.29, 0.717) is 19.0 Å². The van der Waals surface area contributed by atoms with Crippen LogP contribution in [0.3, 0.4) is 0 Å². The number of hydrogen-bond acceptors (Lipinski definition) is 3. The number of aromatic amines is 1. The minimum absolute atomic E-state index is 0.594. The third-order valence-electron chi connectivity index (χ3n) is 1.77. The molecule has 1 heterocycles. The van der Waals surface area contributed by atoms with Crippen molar-refractivity contribution in [3.8, 4) is 0 Å². The summed E-state index contributed by atoms with van der Waals surface area (Å²) in [6.07, 6.45) is 3.44. The summed E-state index contributed by atoms with van der Waals surface area (Å²) in [5, 5.41) is 0. The lowest BCUT2D eigenvalue weighted by Crippen LogP contribution is -2.31. The minimum Gasteiger partial charge on any atom is -0.344 e. The van der Waals surface area contributed by atoms with Gasteiger partial charge in [-0.2, -0.15) is 0 Å². The summed E-state index contributed by atoms with van der Waals surface area (Å²) < 4.78 is 11.0. The second-order valence-electron chi connectivity index (χ2n) is 2.75. The lowest BCUT2D eigenvalue weighted by molar-refractivity contribution is -0.234. The van der Waals surface area contributed by atoms with Gasteiger partial charge < -0.3 is 14.5 Å². The quantitative estimate of drug-likeness (QED) is 0.708. The number of nitrogens with one attached hydrogen (secondary N) is 1. The number of imidazole rings is 1. The van der Waals surface area contributed by atoms with Crippen molar-refractivity contribution in [1.82, 2.24) is 9.97 Å². The summed E-state index contributed by atoms with van der Waals surface area (Å²) in [6, 6.07) is 0. The van der Waals surface area contributed by atoms with Crippen molar-refractivity contribution in [3.63, 3.8) is 0 Å². The maximum Gasteiger partial charge on any atom is 0.225 e. The van der Waals surface area contributed by atoms with Crippen LogP contribution in [-0.2, 0) is 15.3 Å². The normalized spacial score (nSPS) is 11.9. The van der Waals surface area contributed by atoms with Crippen molar-refractivity contribution < 1.29 is 9.47 Å². The van der Waals surface area contributed by atoms with Gasteiger partial charge in [-0.05, 0) is 20.8 Å². The molecular formula is C9H16N2O2. The molecule has 0 aliphatic carbocycles. The average Bonchev–Trinajstić information content (AvgIpc) is 2.57. The van der Waals surface area contributed by atoms with E-state index in [-0.39, 0.29) is 0 Å². The van der Waals surface area contributed by atoms with Crippen molar-refractivity contribution >= 4 is 0 Å². The van der Waals surface area contributed by atoms with Gasteiger partial charge in [0.05, 0.1) is 0 Å². The Hall–Kier alpha value is -0.870. The zero-order valence-electron chi connectivity index (χ0n) is 8.33. The second kappa shape index (κ2) is 4.39. The first-order valence-electron chi connectivity index (χ1n) is 4.50. The molecule has 13 heavy (non-hydrogen) atoms. The van der Waals surface area contributed by atoms with Gasteiger partial charge in [0.15, 0.2) is 5.82 Å². The smallest absolute Gasteiger partial charge is 0.225 e. The van der Waals surface area contributed by atoms with Gasteiger partial charge in [-0.15, -0.1) is 0 Å². The predicted octanol–water partition coefficient (Wildman–Crippen LogP) is 1.66. The van der Waals surface area contributed by atoms with Crippen LogP contribution in [-0.4, -0.2) is 23.2 Å². The van der Waals surface area contributed by atoms with Crippen LogP contribution in [0.25, 0.3) is 0 Å². The van der Waals surface area contributed by atoms with Crippen molar-refractivity contribution in [2.45, 2.75) is 26.6 Å². The van der Waals surface area contributed by atoms with E-state index < -0.39 is 5.79 Å². The van der Waals surface area contributed by atoms with E-state index in [2.05, 4.69) is 9.97 Å². The van der Waals surface area contributed by atoms with Gasteiger partial charge in [0.25, 0.3) is 0 Å². The lowest BCUT2D eigenvalue weighted by atomic mass is 10.3. The molecule has 0 aliphatic heterocycles. The Labute approximate surface area is 78.3 Å². The van der Waals surface area contributed by atoms with Gasteiger partial charge >= 0.3 is 0 Å². The molecule has 1 N–H and O–H groups in total. The summed E-state index contributed by atoms with van der Waals surface area (Å²) in [5.41, 5.74) is 0. The van der Waals surface area contributed by atoms with Crippen molar-refractivity contribution in [2.24, 2.45) is 0 Å². The minimum atomic E-state index is -0.743. The largest absolute Gasteiger partial charge is 0.344 e. The van der Waals surface area contributed by atoms with E-state index in [1.54, 1.807) is 12.4 Å². The highest BCUT2D eigenvalue weighted by Crippen LogP contribution is 2.22. The standard InChI is InChI=1S/C9H16N2O2/c1-4-12-9(3,13-5-2)8-10-6-7-11-8/h6-7H,4-5H2,1-3H3,(H,10,11). The van der Waals surface area contributed by atoms with Crippen LogP contribution < -0.4 is 0 Å². The molecule has 0 bridgehead atoms. The van der Waals surface area contributed by atoms with E-state index in [1.165, 1.54) is 0 Å². The van der Waals surface area contributed by atoms with Crippen LogP contribution in [0.2, 0.25) is 0 Å². The molecule has 0 unspecified atom stereocenters. The Bertz CT molecular complexity index is 228. The van der Waals surface area contributed by atoms with Crippen molar-refractivity contribution in [1.29, 1.82) is 0 Å². The predicted molar refractivity (Wildman–Crippen MR) is 49.2 cm³/mol. The SMILES string of the molecule is CCOC(C)(OCC)c1ncc[nH]1. The highest BCUT2D eigenvalue weighted by Gasteiger charge is 2.30. The third kappa shape index (κ3) is 2.29. The summed E-state index contributed by atoms with van der Waals surface area (Å²) in [7, 11) is 0. The van der Waals surface area contributed by atoms with Crippen LogP contribution in [0.5, 0.6) is 0 Å². The number of rotatable bonds is 5. The maximum atomic E-state index is 5.50. The Morgan fingerprint density at radius 3 is 2.38 bits per heavy atom. The van der Waals surface area contributed by atoms with E-state index in [4.69, 9.17) is 9.47 Å². The summed E-state index contributed by atoms with van der Waals surface area (Å²) in [4.78, 5) is 7.11. The Kier molecular flexibility index (Phi) is 3.45. The van der Waals surface area contributed by atoms with Crippen molar-refractivity contribution in [3.05, 3.63) is 18.2 Å². The fourth-order valence-electron chi connectivity index (χ4n) is 1.24. The lowest BCUT2D eigenvalue weighted by Gasteiger charge is -2.26. The number of aromatic nitrogens is 2. The number of hydrogen-bond donors (Lipinski definition) is 1. The fourth-order valence-corrected chi connectivity index (χ4v) is 1.24. The van der Waals surface area contributed by atoms with E-state index in [9.17, 15) is 0 Å². The Morgan fingerprint density at radius 1 is 1.38 bits per heavy atom. The monoisotopic (exact) mass is 184 g/mol. The topological polar surface area (TPSA) is 47.1 Å². The van der Waals surface area contributed by atoms with Gasteiger partial charge in [-0.25, -0.2) is 4.98 Å². The van der Waals surface area contributed by atoms with Crippen molar-refractivity contribution in [2.75, 3.05) is 13.2 Å². The molecule has 4 heteroatoms. The zero-order chi connectivity index (χ0) is 9.73. The van der Waals surface area contributed by atoms with Crippen LogP contribution in [0.4, 0.5) is 0 Å². The molecule has 0 saturated carbocycles. The summed E-state index contributed by atoms with van der Waals surface area (Å²) in [5.74, 6) is -0.0382. The molecule has 0 amide bonds. The van der Waals surface area contributed by atoms with Gasteiger partial charge in [0, 0.05) is 25.6 Å². The van der Waals surface area contributed by atoms with E-state index >= 15 is 0 Å². The number of H-pyrrole nitrogens is 1. The molecule has 0 aliphatic rings. The van der Waals surface area contributed by atoms with E-state index in [1.807, 2.05) is 20.8 Å². The number of nitrogens with zero attached hydrogens (tertiary/aromatic N) is 1. The summed E-state index contributed by atoms with van der Waals surface area (Å²) in [6.45, 7) is 6.91. The molecular weight excluding hydrogens is 168 g/mol. The molecule has 1 aromatic heterocycles. The van der Waals surface area contributed by atoms with E-state index in [0.717, 1.165) is 0 Å². The molecule has 0 atom stereocenters. The highest BCUT2D eigenvalue weighted by atomic mass is 16.7. The average molecular weight is 184 g/mol. The summed E-state index contributed by atoms with van der Waals surface area (Å²) >= 11 is 0. The molecule has 4 nitrogen and oxygen atoms in total. The van der Waals surface area contributed by atoms with Gasteiger partial charge in [0.1, 0.15) is 0 Å². The highest BCUT2D eigenvalue weighted by molar-refractivity contribution is 4.95. The first kappa shape index (κ1) is 10.2. The molecule has 0 radical (unpaired) electrons. The molecule has 0 spiro atoms. The van der Waals surface area contributed by atoms with Gasteiger partial charge in [-0.1, -0.05) is 0 Å². The van der Waals surface area contributed by atoms with Crippen LogP contribution >= 0.6 is 0 Å². The molecule has 1 aromatic rings. The second-order valence-corrected chi connectivity index (χ2v) is 2.75. The molecule has 1 rings (SSSR count). The zero-order valence-corrected chi connectivity index (χ0v) is 8.33. The Balaban J connectivity index is 2.78.